The SMILES string of the molecule is CCNC(N)=O.Cn1cnc2ccccc21.F[B-](F)(F)F. The Kier molecular flexibility index (Phi) is 7.88. The van der Waals surface area contributed by atoms with Crippen LogP contribution in [0.1, 0.15) is 6.92 Å². The Bertz CT molecular complexity index is 552. The van der Waals surface area contributed by atoms with Crippen molar-refractivity contribution in [2.75, 3.05) is 6.54 Å². The van der Waals surface area contributed by atoms with Gasteiger partial charge in [-0.25, -0.2) is 9.78 Å². The van der Waals surface area contributed by atoms with E-state index < -0.39 is 13.3 Å². The number of nitrogens with zero attached hydrogens (tertiary/aromatic N) is 2. The number of nitrogens with two attached hydrogens (primary N) is 1. The summed E-state index contributed by atoms with van der Waals surface area (Å²) in [5, 5.41) is 2.35. The molecule has 2 aromatic rings. The minimum atomic E-state index is -6.00. The molecule has 0 unspecified atom stereocenters. The Morgan fingerprint density at radius 2 is 1.86 bits per heavy atom. The molecule has 0 radical (unpaired) electrons. The third-order valence-corrected chi connectivity index (χ3v) is 1.98. The minimum absolute atomic E-state index is 0.461. The van der Waals surface area contributed by atoms with Gasteiger partial charge in [0.15, 0.2) is 0 Å². The lowest BCUT2D eigenvalue weighted by Gasteiger charge is -1.94. The summed E-state index contributed by atoms with van der Waals surface area (Å²) in [6.45, 7) is 2.42. The Hall–Kier alpha value is -2.26. The first kappa shape index (κ1) is 18.7. The van der Waals surface area contributed by atoms with E-state index in [0.29, 0.717) is 6.54 Å². The number of nitrogens with one attached hydrogen (secondary N) is 1. The highest BCUT2D eigenvalue weighted by atomic mass is 19.5. The number of carbonyl (C=O) groups is 1. The molecule has 2 rings (SSSR count). The third-order valence-electron chi connectivity index (χ3n) is 1.98. The van der Waals surface area contributed by atoms with Crippen molar-refractivity contribution in [3.05, 3.63) is 30.6 Å². The van der Waals surface area contributed by atoms with Crippen LogP contribution in [0, 0.1) is 0 Å². The largest absolute Gasteiger partial charge is 0.673 e. The summed E-state index contributed by atoms with van der Waals surface area (Å²) in [4.78, 5) is 13.9. The highest BCUT2D eigenvalue weighted by Crippen LogP contribution is 2.08. The van der Waals surface area contributed by atoms with Crippen molar-refractivity contribution < 1.29 is 22.1 Å². The van der Waals surface area contributed by atoms with E-state index in [2.05, 4.69) is 22.1 Å². The standard InChI is InChI=1S/C8H8N2.C3H8N2O.BF4/c1-10-6-9-7-4-2-3-5-8(7)10;1-2-5-3(4)6;2-1(3,4)5/h2-6H,1H3;2H2,1H3,(H3,4,5,6);/q;;-1. The Labute approximate surface area is 119 Å². The van der Waals surface area contributed by atoms with E-state index >= 15 is 0 Å². The number of fused-ring (bicyclic) bond motifs is 1. The molecule has 21 heavy (non-hydrogen) atoms. The molecule has 0 fully saturated rings. The van der Waals surface area contributed by atoms with E-state index in [1.807, 2.05) is 43.1 Å². The molecule has 0 aliphatic heterocycles. The number of para-hydroxylation sites is 2. The maximum atomic E-state index is 9.75. The van der Waals surface area contributed by atoms with Crippen molar-refractivity contribution >= 4 is 24.3 Å². The number of hydrogen-bond acceptors (Lipinski definition) is 2. The van der Waals surface area contributed by atoms with Crippen LogP contribution >= 0.6 is 0 Å². The topological polar surface area (TPSA) is 72.9 Å². The lowest BCUT2D eigenvalue weighted by atomic mass is 10.3. The average molecular weight is 307 g/mol. The van der Waals surface area contributed by atoms with Gasteiger partial charge in [-0.2, -0.15) is 0 Å². The van der Waals surface area contributed by atoms with Crippen molar-refractivity contribution in [2.45, 2.75) is 6.92 Å². The smallest absolute Gasteiger partial charge is 0.418 e. The molecule has 1 aromatic heterocycles. The fourth-order valence-electron chi connectivity index (χ4n) is 1.26. The van der Waals surface area contributed by atoms with Crippen molar-refractivity contribution in [1.29, 1.82) is 0 Å². The number of amides is 2. The fraction of sp³-hybridized carbons (Fsp3) is 0.273. The van der Waals surface area contributed by atoms with Crippen LogP contribution in [0.3, 0.4) is 0 Å². The van der Waals surface area contributed by atoms with Gasteiger partial charge in [-0.15, -0.1) is 0 Å². The zero-order valence-corrected chi connectivity index (χ0v) is 11.6. The first-order valence-electron chi connectivity index (χ1n) is 5.91. The maximum Gasteiger partial charge on any atom is 0.673 e. The zero-order valence-electron chi connectivity index (χ0n) is 11.6. The molecule has 0 saturated heterocycles. The summed E-state index contributed by atoms with van der Waals surface area (Å²) in [5.41, 5.74) is 6.90. The summed E-state index contributed by atoms with van der Waals surface area (Å²) >= 11 is 0. The van der Waals surface area contributed by atoms with E-state index in [4.69, 9.17) is 0 Å². The van der Waals surface area contributed by atoms with Crippen LogP contribution in [0.15, 0.2) is 30.6 Å². The number of halogens is 4. The molecule has 0 saturated carbocycles. The van der Waals surface area contributed by atoms with Gasteiger partial charge >= 0.3 is 13.3 Å². The number of urea groups is 1. The summed E-state index contributed by atoms with van der Waals surface area (Å²) < 4.78 is 41.0. The molecule has 10 heteroatoms. The molecule has 0 bridgehead atoms. The highest BCUT2D eigenvalue weighted by molar-refractivity contribution is 6.50. The summed E-state index contributed by atoms with van der Waals surface area (Å²) in [6, 6.07) is 7.62. The number of rotatable bonds is 1. The molecule has 0 aliphatic rings. The molecule has 5 nitrogen and oxygen atoms in total. The molecule has 3 N–H and O–H groups in total. The minimum Gasteiger partial charge on any atom is -0.418 e. The van der Waals surface area contributed by atoms with Crippen LogP contribution in [0.25, 0.3) is 11.0 Å². The number of hydrogen-bond donors (Lipinski definition) is 2. The predicted molar refractivity (Wildman–Crippen MR) is 74.2 cm³/mol. The normalized spacial score (nSPS) is 10.0. The second kappa shape index (κ2) is 8.82. The third kappa shape index (κ3) is 10.2. The van der Waals surface area contributed by atoms with Gasteiger partial charge in [-0.05, 0) is 19.1 Å². The van der Waals surface area contributed by atoms with Gasteiger partial charge in [-0.3, -0.25) is 0 Å². The highest BCUT2D eigenvalue weighted by Gasteiger charge is 2.20. The molecule has 118 valence electrons. The van der Waals surface area contributed by atoms with Gasteiger partial charge in [0.05, 0.1) is 17.4 Å². The number of imidazole rings is 1. The van der Waals surface area contributed by atoms with Gasteiger partial charge < -0.3 is 32.9 Å². The predicted octanol–water partition coefficient (Wildman–Crippen LogP) is 2.55. The van der Waals surface area contributed by atoms with Crippen LogP contribution in [-0.2, 0) is 7.05 Å². The summed E-state index contributed by atoms with van der Waals surface area (Å²) in [6.07, 6.45) is 1.82. The Morgan fingerprint density at radius 1 is 1.33 bits per heavy atom. The summed E-state index contributed by atoms with van der Waals surface area (Å²) in [7, 11) is -4.00. The maximum absolute atomic E-state index is 9.75. The second-order valence-corrected chi connectivity index (χ2v) is 3.73. The van der Waals surface area contributed by atoms with E-state index in [1.54, 1.807) is 0 Å². The van der Waals surface area contributed by atoms with E-state index in [0.717, 1.165) is 5.52 Å². The first-order chi connectivity index (χ1) is 9.65. The average Bonchev–Trinajstić information content (AvgIpc) is 2.70. The van der Waals surface area contributed by atoms with Crippen LogP contribution in [0.2, 0.25) is 0 Å². The van der Waals surface area contributed by atoms with Crippen molar-refractivity contribution in [3.63, 3.8) is 0 Å². The molecule has 0 atom stereocenters. The quantitative estimate of drug-likeness (QED) is 0.628. The number of aromatic nitrogens is 2. The first-order valence-corrected chi connectivity index (χ1v) is 5.91. The number of benzene rings is 1. The van der Waals surface area contributed by atoms with Gasteiger partial charge in [0.25, 0.3) is 0 Å². The van der Waals surface area contributed by atoms with E-state index in [9.17, 15) is 22.1 Å². The molecule has 2 amide bonds. The lowest BCUT2D eigenvalue weighted by Crippen LogP contribution is -2.28. The zero-order chi connectivity index (χ0) is 16.5. The van der Waals surface area contributed by atoms with Crippen molar-refractivity contribution in [3.8, 4) is 0 Å². The number of aryl methyl sites for hydroxylation is 1. The second-order valence-electron chi connectivity index (χ2n) is 3.73. The molecular formula is C11H16BF4N4O-. The van der Waals surface area contributed by atoms with Crippen LogP contribution in [0.4, 0.5) is 22.1 Å². The van der Waals surface area contributed by atoms with Gasteiger partial charge in [0.2, 0.25) is 0 Å². The monoisotopic (exact) mass is 307 g/mol. The van der Waals surface area contributed by atoms with Crippen molar-refractivity contribution in [2.24, 2.45) is 12.8 Å². The van der Waals surface area contributed by atoms with Gasteiger partial charge in [-0.1, -0.05) is 12.1 Å². The van der Waals surface area contributed by atoms with E-state index in [1.165, 1.54) is 5.52 Å². The van der Waals surface area contributed by atoms with Gasteiger partial charge in [0, 0.05) is 13.6 Å². The molecule has 0 aliphatic carbocycles. The Balaban J connectivity index is 0.000000317. The van der Waals surface area contributed by atoms with E-state index in [-0.39, 0.29) is 0 Å². The molecular weight excluding hydrogens is 291 g/mol. The molecule has 1 heterocycles. The van der Waals surface area contributed by atoms with Crippen LogP contribution in [0.5, 0.6) is 0 Å². The van der Waals surface area contributed by atoms with Crippen LogP contribution < -0.4 is 11.1 Å². The number of primary amides is 1. The molecule has 1 aromatic carbocycles. The fourth-order valence-corrected chi connectivity index (χ4v) is 1.26. The van der Waals surface area contributed by atoms with Crippen LogP contribution in [-0.4, -0.2) is 29.4 Å². The molecule has 0 spiro atoms. The Morgan fingerprint density at radius 3 is 2.24 bits per heavy atom. The number of carbonyl (C=O) groups excluding carboxylic acids is 1. The lowest BCUT2D eigenvalue weighted by molar-refractivity contribution is 0.249. The summed E-state index contributed by atoms with van der Waals surface area (Å²) in [5.74, 6) is 0. The van der Waals surface area contributed by atoms with Crippen molar-refractivity contribution in [1.82, 2.24) is 14.9 Å². The van der Waals surface area contributed by atoms with Gasteiger partial charge in [0.1, 0.15) is 0 Å².